The Morgan fingerprint density at radius 2 is 2.29 bits per heavy atom. The van der Waals surface area contributed by atoms with Crippen LogP contribution in [0.5, 0.6) is 5.75 Å². The zero-order valence-corrected chi connectivity index (χ0v) is 10.8. The second kappa shape index (κ2) is 4.79. The summed E-state index contributed by atoms with van der Waals surface area (Å²) in [4.78, 5) is 11.3. The van der Waals surface area contributed by atoms with E-state index < -0.39 is 0 Å². The standard InChI is InChI=1S/C12H12BrNO3/c1-17-8-2-3-10(13)9(6-8)11-4-7(15)5-12(16)14-11/h2-3,5-6,11,15H,4H2,1H3,(H,14,16)/t11-/m1/s1. The summed E-state index contributed by atoms with van der Waals surface area (Å²) in [5.41, 5.74) is 0.886. The summed E-state index contributed by atoms with van der Waals surface area (Å²) in [7, 11) is 1.59. The first-order chi connectivity index (χ1) is 8.10. The van der Waals surface area contributed by atoms with Crippen LogP contribution in [0, 0.1) is 0 Å². The van der Waals surface area contributed by atoms with Crippen LogP contribution in [0.3, 0.4) is 0 Å². The first-order valence-electron chi connectivity index (χ1n) is 5.13. The highest BCUT2D eigenvalue weighted by molar-refractivity contribution is 9.10. The Labute approximate surface area is 107 Å². The van der Waals surface area contributed by atoms with Crippen LogP contribution in [0.25, 0.3) is 0 Å². The van der Waals surface area contributed by atoms with Crippen LogP contribution in [0.1, 0.15) is 18.0 Å². The molecule has 4 nitrogen and oxygen atoms in total. The molecular formula is C12H12BrNO3. The number of nitrogens with one attached hydrogen (secondary N) is 1. The Bertz CT molecular complexity index is 485. The lowest BCUT2D eigenvalue weighted by atomic mass is 10.00. The second-order valence-electron chi connectivity index (χ2n) is 3.79. The Hall–Kier alpha value is -1.49. The van der Waals surface area contributed by atoms with Crippen LogP contribution < -0.4 is 10.1 Å². The molecule has 17 heavy (non-hydrogen) atoms. The van der Waals surface area contributed by atoms with Gasteiger partial charge in [-0.3, -0.25) is 4.79 Å². The third-order valence-corrected chi connectivity index (χ3v) is 3.33. The molecule has 1 aliphatic rings. The number of carbonyl (C=O) groups excluding carboxylic acids is 1. The molecule has 0 spiro atoms. The van der Waals surface area contributed by atoms with E-state index in [0.717, 1.165) is 10.0 Å². The van der Waals surface area contributed by atoms with Crippen LogP contribution >= 0.6 is 15.9 Å². The van der Waals surface area contributed by atoms with Gasteiger partial charge in [0.05, 0.1) is 13.2 Å². The maximum atomic E-state index is 11.3. The van der Waals surface area contributed by atoms with Crippen LogP contribution in [0.2, 0.25) is 0 Å². The second-order valence-corrected chi connectivity index (χ2v) is 4.64. The Kier molecular flexibility index (Phi) is 3.38. The molecule has 0 bridgehead atoms. The van der Waals surface area contributed by atoms with Gasteiger partial charge in [0.1, 0.15) is 11.5 Å². The van der Waals surface area contributed by atoms with Crippen molar-refractivity contribution in [3.05, 3.63) is 40.1 Å². The van der Waals surface area contributed by atoms with Crippen LogP contribution in [-0.4, -0.2) is 18.1 Å². The first kappa shape index (κ1) is 12.0. The number of hydrogen-bond donors (Lipinski definition) is 2. The number of rotatable bonds is 2. The maximum Gasteiger partial charge on any atom is 0.247 e. The first-order valence-corrected chi connectivity index (χ1v) is 5.93. The topological polar surface area (TPSA) is 58.6 Å². The molecule has 0 unspecified atom stereocenters. The van der Waals surface area contributed by atoms with Gasteiger partial charge in [-0.05, 0) is 23.8 Å². The number of aliphatic hydroxyl groups is 1. The molecule has 0 fully saturated rings. The van der Waals surface area contributed by atoms with E-state index in [1.54, 1.807) is 7.11 Å². The molecule has 2 rings (SSSR count). The van der Waals surface area contributed by atoms with Gasteiger partial charge in [0.15, 0.2) is 0 Å². The summed E-state index contributed by atoms with van der Waals surface area (Å²) in [6.45, 7) is 0. The molecular weight excluding hydrogens is 286 g/mol. The molecule has 1 amide bonds. The third-order valence-electron chi connectivity index (χ3n) is 2.61. The molecule has 1 heterocycles. The lowest BCUT2D eigenvalue weighted by Crippen LogP contribution is -2.31. The number of carbonyl (C=O) groups is 1. The summed E-state index contributed by atoms with van der Waals surface area (Å²) in [5.74, 6) is 0.522. The monoisotopic (exact) mass is 297 g/mol. The van der Waals surface area contributed by atoms with Gasteiger partial charge in [0.25, 0.3) is 0 Å². The summed E-state index contributed by atoms with van der Waals surface area (Å²) < 4.78 is 6.02. The van der Waals surface area contributed by atoms with Gasteiger partial charge in [-0.2, -0.15) is 0 Å². The van der Waals surface area contributed by atoms with Crippen molar-refractivity contribution in [2.24, 2.45) is 0 Å². The molecule has 1 aromatic rings. The van der Waals surface area contributed by atoms with Crippen LogP contribution in [-0.2, 0) is 4.79 Å². The molecule has 1 aliphatic heterocycles. The van der Waals surface area contributed by atoms with Gasteiger partial charge in [-0.15, -0.1) is 0 Å². The number of benzene rings is 1. The van der Waals surface area contributed by atoms with Crippen LogP contribution in [0.4, 0.5) is 0 Å². The largest absolute Gasteiger partial charge is 0.512 e. The van der Waals surface area contributed by atoms with Crippen molar-refractivity contribution in [3.63, 3.8) is 0 Å². The van der Waals surface area contributed by atoms with E-state index in [-0.39, 0.29) is 17.7 Å². The minimum absolute atomic E-state index is 0.0912. The fraction of sp³-hybridized carbons (Fsp3) is 0.250. The fourth-order valence-corrected chi connectivity index (χ4v) is 2.31. The van der Waals surface area contributed by atoms with Gasteiger partial charge in [-0.25, -0.2) is 0 Å². The average Bonchev–Trinajstić information content (AvgIpc) is 2.28. The van der Waals surface area contributed by atoms with E-state index in [1.165, 1.54) is 6.08 Å². The van der Waals surface area contributed by atoms with E-state index in [4.69, 9.17) is 4.74 Å². The van der Waals surface area contributed by atoms with Crippen molar-refractivity contribution in [3.8, 4) is 5.75 Å². The molecule has 0 aromatic heterocycles. The van der Waals surface area contributed by atoms with Crippen molar-refractivity contribution in [1.29, 1.82) is 0 Å². The van der Waals surface area contributed by atoms with Crippen molar-refractivity contribution < 1.29 is 14.6 Å². The number of hydrogen-bond acceptors (Lipinski definition) is 3. The third kappa shape index (κ3) is 2.61. The molecule has 2 N–H and O–H groups in total. The van der Waals surface area contributed by atoms with Gasteiger partial charge >= 0.3 is 0 Å². The van der Waals surface area contributed by atoms with Gasteiger partial charge in [0, 0.05) is 17.0 Å². The highest BCUT2D eigenvalue weighted by atomic mass is 79.9. The molecule has 1 atom stereocenters. The summed E-state index contributed by atoms with van der Waals surface area (Å²) in [5, 5.41) is 12.3. The smallest absolute Gasteiger partial charge is 0.247 e. The van der Waals surface area contributed by atoms with Crippen molar-refractivity contribution in [2.45, 2.75) is 12.5 Å². The van der Waals surface area contributed by atoms with Crippen molar-refractivity contribution >= 4 is 21.8 Å². The van der Waals surface area contributed by atoms with Gasteiger partial charge in [0.2, 0.25) is 5.91 Å². The number of methoxy groups -OCH3 is 1. The van der Waals surface area contributed by atoms with E-state index in [1.807, 2.05) is 18.2 Å². The van der Waals surface area contributed by atoms with Crippen molar-refractivity contribution in [2.75, 3.05) is 7.11 Å². The SMILES string of the molecule is COc1ccc(Br)c([C@H]2CC(O)=CC(=O)N2)c1. The number of halogens is 1. The summed E-state index contributed by atoms with van der Waals surface area (Å²) in [6.07, 6.45) is 1.59. The molecule has 1 aromatic carbocycles. The quantitative estimate of drug-likeness (QED) is 0.882. The molecule has 0 saturated carbocycles. The predicted octanol–water partition coefficient (Wildman–Crippen LogP) is 2.46. The van der Waals surface area contributed by atoms with E-state index in [2.05, 4.69) is 21.2 Å². The molecule has 0 saturated heterocycles. The predicted molar refractivity (Wildman–Crippen MR) is 66.9 cm³/mol. The van der Waals surface area contributed by atoms with Gasteiger partial charge in [-0.1, -0.05) is 15.9 Å². The lowest BCUT2D eigenvalue weighted by molar-refractivity contribution is -0.118. The van der Waals surface area contributed by atoms with E-state index >= 15 is 0 Å². The highest BCUT2D eigenvalue weighted by Gasteiger charge is 2.22. The molecule has 90 valence electrons. The van der Waals surface area contributed by atoms with Crippen LogP contribution in [0.15, 0.2) is 34.5 Å². The minimum Gasteiger partial charge on any atom is -0.512 e. The summed E-state index contributed by atoms with van der Waals surface area (Å²) in [6, 6.07) is 5.29. The Balaban J connectivity index is 2.34. The lowest BCUT2D eigenvalue weighted by Gasteiger charge is -2.23. The highest BCUT2D eigenvalue weighted by Crippen LogP contribution is 2.32. The molecule has 5 heteroatoms. The minimum atomic E-state index is -0.284. The average molecular weight is 298 g/mol. The van der Waals surface area contributed by atoms with E-state index in [9.17, 15) is 9.90 Å². The van der Waals surface area contributed by atoms with Gasteiger partial charge < -0.3 is 15.2 Å². The normalized spacial score (nSPS) is 19.5. The molecule has 0 radical (unpaired) electrons. The van der Waals surface area contributed by atoms with E-state index in [0.29, 0.717) is 12.2 Å². The number of aliphatic hydroxyl groups excluding tert-OH is 1. The summed E-state index contributed by atoms with van der Waals surface area (Å²) >= 11 is 3.43. The Morgan fingerprint density at radius 3 is 2.94 bits per heavy atom. The number of amides is 1. The molecule has 0 aliphatic carbocycles. The van der Waals surface area contributed by atoms with Crippen molar-refractivity contribution in [1.82, 2.24) is 5.32 Å². The fourth-order valence-electron chi connectivity index (χ4n) is 1.79. The zero-order chi connectivity index (χ0) is 12.4. The maximum absolute atomic E-state index is 11.3. The zero-order valence-electron chi connectivity index (χ0n) is 9.24. The Morgan fingerprint density at radius 1 is 1.53 bits per heavy atom. The number of ether oxygens (including phenoxy) is 1.